The molecule has 0 spiro atoms. The first-order chi connectivity index (χ1) is 12.6. The van der Waals surface area contributed by atoms with E-state index < -0.39 is 6.03 Å². The van der Waals surface area contributed by atoms with Crippen LogP contribution in [-0.2, 0) is 16.0 Å². The number of carbonyl (C=O) groups is 2. The summed E-state index contributed by atoms with van der Waals surface area (Å²) in [4.78, 5) is 28.2. The first kappa shape index (κ1) is 18.6. The monoisotopic (exact) mass is 394 g/mol. The van der Waals surface area contributed by atoms with Crippen molar-refractivity contribution in [2.45, 2.75) is 25.4 Å². The standard InChI is InChI=1S/C17H19ClN4O3S/c18-11-3-1-4-12(7-11)20-16(24)22-17-21-13(10-26-17)8-15(23)19-9-14-5-2-6-25-14/h1,3-4,7,10,14H,2,5-6,8-9H2,(H,19,23)(H2,20,21,22,24). The van der Waals surface area contributed by atoms with Gasteiger partial charge in [0.15, 0.2) is 5.13 Å². The summed E-state index contributed by atoms with van der Waals surface area (Å²) in [5, 5.41) is 10.9. The highest BCUT2D eigenvalue weighted by molar-refractivity contribution is 7.14. The first-order valence-corrected chi connectivity index (χ1v) is 9.50. The molecule has 1 aliphatic rings. The molecule has 1 atom stereocenters. The summed E-state index contributed by atoms with van der Waals surface area (Å²) < 4.78 is 5.47. The van der Waals surface area contributed by atoms with Gasteiger partial charge in [-0.2, -0.15) is 0 Å². The summed E-state index contributed by atoms with van der Waals surface area (Å²) in [5.41, 5.74) is 1.19. The third-order valence-corrected chi connectivity index (χ3v) is 4.79. The maximum Gasteiger partial charge on any atom is 0.325 e. The van der Waals surface area contributed by atoms with Crippen molar-refractivity contribution in [2.24, 2.45) is 0 Å². The van der Waals surface area contributed by atoms with Crippen molar-refractivity contribution in [2.75, 3.05) is 23.8 Å². The second kappa shape index (κ2) is 8.98. The Morgan fingerprint density at radius 2 is 2.23 bits per heavy atom. The number of benzene rings is 1. The number of ether oxygens (including phenoxy) is 1. The van der Waals surface area contributed by atoms with Crippen molar-refractivity contribution in [3.8, 4) is 0 Å². The van der Waals surface area contributed by atoms with E-state index in [1.54, 1.807) is 29.6 Å². The van der Waals surface area contributed by atoms with Crippen LogP contribution in [0.4, 0.5) is 15.6 Å². The molecule has 0 aliphatic carbocycles. The summed E-state index contributed by atoms with van der Waals surface area (Å²) in [6, 6.07) is 6.43. The lowest BCUT2D eigenvalue weighted by atomic mass is 10.2. The highest BCUT2D eigenvalue weighted by Gasteiger charge is 2.17. The summed E-state index contributed by atoms with van der Waals surface area (Å²) in [5.74, 6) is -0.110. The molecular formula is C17H19ClN4O3S. The maximum atomic E-state index is 12.0. The van der Waals surface area contributed by atoms with Gasteiger partial charge in [-0.25, -0.2) is 9.78 Å². The molecule has 2 aromatic rings. The minimum atomic E-state index is -0.420. The van der Waals surface area contributed by atoms with Gasteiger partial charge >= 0.3 is 6.03 Å². The van der Waals surface area contributed by atoms with E-state index in [0.29, 0.717) is 28.1 Å². The minimum Gasteiger partial charge on any atom is -0.376 e. The summed E-state index contributed by atoms with van der Waals surface area (Å²) >= 11 is 7.14. The van der Waals surface area contributed by atoms with E-state index in [9.17, 15) is 9.59 Å². The number of urea groups is 1. The number of aromatic nitrogens is 1. The third kappa shape index (κ3) is 5.69. The van der Waals surface area contributed by atoms with Gasteiger partial charge in [0.05, 0.1) is 18.2 Å². The second-order valence-corrected chi connectivity index (χ2v) is 7.14. The van der Waals surface area contributed by atoms with Gasteiger partial charge in [0, 0.05) is 29.2 Å². The molecule has 7 nitrogen and oxygen atoms in total. The fourth-order valence-electron chi connectivity index (χ4n) is 2.53. The Morgan fingerprint density at radius 1 is 1.35 bits per heavy atom. The van der Waals surface area contributed by atoms with Gasteiger partial charge < -0.3 is 15.4 Å². The van der Waals surface area contributed by atoms with Crippen molar-refractivity contribution in [1.29, 1.82) is 0 Å². The van der Waals surface area contributed by atoms with Crippen LogP contribution in [0.25, 0.3) is 0 Å². The number of nitrogens with zero attached hydrogens (tertiary/aromatic N) is 1. The molecule has 1 aromatic heterocycles. The fourth-order valence-corrected chi connectivity index (χ4v) is 3.43. The van der Waals surface area contributed by atoms with E-state index in [2.05, 4.69) is 20.9 Å². The van der Waals surface area contributed by atoms with Gasteiger partial charge in [0.1, 0.15) is 0 Å². The van der Waals surface area contributed by atoms with Gasteiger partial charge in [-0.15, -0.1) is 11.3 Å². The predicted octanol–water partition coefficient (Wildman–Crippen LogP) is 3.28. The Morgan fingerprint density at radius 3 is 3.00 bits per heavy atom. The smallest absolute Gasteiger partial charge is 0.325 e. The largest absolute Gasteiger partial charge is 0.376 e. The lowest BCUT2D eigenvalue weighted by Gasteiger charge is -2.10. The molecule has 1 saturated heterocycles. The number of thiazole rings is 1. The number of hydrogen-bond donors (Lipinski definition) is 3. The van der Waals surface area contributed by atoms with Crippen molar-refractivity contribution in [3.63, 3.8) is 0 Å². The van der Waals surface area contributed by atoms with E-state index in [-0.39, 0.29) is 18.4 Å². The number of carbonyl (C=O) groups excluding carboxylic acids is 2. The molecule has 3 amide bonds. The number of anilines is 2. The van der Waals surface area contributed by atoms with Crippen molar-refractivity contribution in [1.82, 2.24) is 10.3 Å². The molecule has 1 fully saturated rings. The Bertz CT molecular complexity index is 777. The topological polar surface area (TPSA) is 92.4 Å². The molecule has 3 rings (SSSR count). The van der Waals surface area contributed by atoms with Crippen molar-refractivity contribution >= 4 is 45.7 Å². The van der Waals surface area contributed by atoms with E-state index in [1.165, 1.54) is 11.3 Å². The van der Waals surface area contributed by atoms with Crippen LogP contribution in [0, 0.1) is 0 Å². The van der Waals surface area contributed by atoms with Crippen LogP contribution in [0.5, 0.6) is 0 Å². The van der Waals surface area contributed by atoms with Crippen molar-refractivity contribution in [3.05, 3.63) is 40.4 Å². The van der Waals surface area contributed by atoms with E-state index in [4.69, 9.17) is 16.3 Å². The molecule has 0 saturated carbocycles. The van der Waals surface area contributed by atoms with Crippen molar-refractivity contribution < 1.29 is 14.3 Å². The van der Waals surface area contributed by atoms with Gasteiger partial charge in [0.25, 0.3) is 0 Å². The number of rotatable bonds is 6. The quantitative estimate of drug-likeness (QED) is 0.701. The molecule has 0 radical (unpaired) electrons. The van der Waals surface area contributed by atoms with Crippen LogP contribution in [-0.4, -0.2) is 36.2 Å². The number of hydrogen-bond acceptors (Lipinski definition) is 5. The lowest BCUT2D eigenvalue weighted by Crippen LogP contribution is -2.32. The number of nitrogens with one attached hydrogen (secondary N) is 3. The van der Waals surface area contributed by atoms with E-state index in [0.717, 1.165) is 19.4 Å². The van der Waals surface area contributed by atoms with Gasteiger partial charge in [-0.05, 0) is 31.0 Å². The second-order valence-electron chi connectivity index (χ2n) is 5.85. The summed E-state index contributed by atoms with van der Waals surface area (Å²) in [7, 11) is 0. The number of halogens is 1. The van der Waals surface area contributed by atoms with Crippen LogP contribution in [0.1, 0.15) is 18.5 Å². The molecule has 26 heavy (non-hydrogen) atoms. The summed E-state index contributed by atoms with van der Waals surface area (Å²) in [6.45, 7) is 1.29. The van der Waals surface area contributed by atoms with Crippen LogP contribution >= 0.6 is 22.9 Å². The molecule has 3 N–H and O–H groups in total. The zero-order valence-corrected chi connectivity index (χ0v) is 15.5. The zero-order valence-electron chi connectivity index (χ0n) is 14.0. The van der Waals surface area contributed by atoms with Gasteiger partial charge in [-0.3, -0.25) is 10.1 Å². The van der Waals surface area contributed by atoms with Crippen LogP contribution in [0.2, 0.25) is 5.02 Å². The Hall–Kier alpha value is -2.16. The Balaban J connectivity index is 1.44. The third-order valence-electron chi connectivity index (χ3n) is 3.75. The normalized spacial score (nSPS) is 16.3. The maximum absolute atomic E-state index is 12.0. The molecule has 1 aromatic carbocycles. The van der Waals surface area contributed by atoms with Crippen LogP contribution in [0.3, 0.4) is 0 Å². The average Bonchev–Trinajstić information content (AvgIpc) is 3.25. The zero-order chi connectivity index (χ0) is 18.4. The molecule has 138 valence electrons. The summed E-state index contributed by atoms with van der Waals surface area (Å²) in [6.07, 6.45) is 2.30. The van der Waals surface area contributed by atoms with Crippen LogP contribution in [0.15, 0.2) is 29.6 Å². The molecular weight excluding hydrogens is 376 g/mol. The molecule has 9 heteroatoms. The van der Waals surface area contributed by atoms with Crippen LogP contribution < -0.4 is 16.0 Å². The predicted molar refractivity (Wildman–Crippen MR) is 102 cm³/mol. The Labute approximate surface area is 160 Å². The highest BCUT2D eigenvalue weighted by atomic mass is 35.5. The van der Waals surface area contributed by atoms with E-state index in [1.807, 2.05) is 0 Å². The molecule has 0 bridgehead atoms. The van der Waals surface area contributed by atoms with Gasteiger partial charge in [0.2, 0.25) is 5.91 Å². The molecule has 1 aliphatic heterocycles. The fraction of sp³-hybridized carbons (Fsp3) is 0.353. The molecule has 2 heterocycles. The number of amides is 3. The SMILES string of the molecule is O=C(Cc1csc(NC(=O)Nc2cccc(Cl)c2)n1)NCC1CCCO1. The first-order valence-electron chi connectivity index (χ1n) is 8.25. The molecule has 1 unspecified atom stereocenters. The minimum absolute atomic E-state index is 0.110. The Kier molecular flexibility index (Phi) is 6.43. The average molecular weight is 395 g/mol. The van der Waals surface area contributed by atoms with E-state index >= 15 is 0 Å². The lowest BCUT2D eigenvalue weighted by molar-refractivity contribution is -0.121. The highest BCUT2D eigenvalue weighted by Crippen LogP contribution is 2.18. The van der Waals surface area contributed by atoms with Gasteiger partial charge in [-0.1, -0.05) is 17.7 Å².